The number of carboxylic acid groups (broad SMARTS) is 1. The van der Waals surface area contributed by atoms with Crippen LogP contribution in [0.5, 0.6) is 0 Å². The van der Waals surface area contributed by atoms with E-state index in [-0.39, 0.29) is 29.3 Å². The first-order valence-corrected chi connectivity index (χ1v) is 11.3. The summed E-state index contributed by atoms with van der Waals surface area (Å²) in [7, 11) is 0. The minimum absolute atomic E-state index is 0.0286. The highest BCUT2D eigenvalue weighted by atomic mass is 32.1. The predicted molar refractivity (Wildman–Crippen MR) is 125 cm³/mol. The molecule has 0 saturated carbocycles. The van der Waals surface area contributed by atoms with E-state index >= 15 is 0 Å². The van der Waals surface area contributed by atoms with Crippen molar-refractivity contribution in [3.63, 3.8) is 0 Å². The number of nitrogens with one attached hydrogen (secondary N) is 2. The second-order valence-electron chi connectivity index (χ2n) is 8.02. The number of ether oxygens (including phenoxy) is 1. The Balaban J connectivity index is 1.37. The largest absolute Gasteiger partial charge is 0.480 e. The standard InChI is InChI=1S/C24H23N3O5S/c1-13(2)20(22(29)30)26-21(28)19-12-33-23(25-19)27-24(31)32-11-18-16-9-5-3-7-14(16)15-8-4-6-10-17(15)18/h3-10,12-13,18,20H,11H2,1-2H3,(H,26,28)(H,29,30)(H,25,27,31). The van der Waals surface area contributed by atoms with Crippen molar-refractivity contribution in [1.82, 2.24) is 10.3 Å². The van der Waals surface area contributed by atoms with Crippen molar-refractivity contribution in [2.75, 3.05) is 11.9 Å². The van der Waals surface area contributed by atoms with Gasteiger partial charge in [0.15, 0.2) is 5.13 Å². The number of benzene rings is 2. The number of hydrogen-bond donors (Lipinski definition) is 3. The molecule has 0 radical (unpaired) electrons. The van der Waals surface area contributed by atoms with E-state index in [9.17, 15) is 19.5 Å². The fraction of sp³-hybridized carbons (Fsp3) is 0.250. The zero-order valence-electron chi connectivity index (χ0n) is 18.1. The van der Waals surface area contributed by atoms with Crippen LogP contribution in [0.4, 0.5) is 9.93 Å². The Hall–Kier alpha value is -3.72. The Kier molecular flexibility index (Phi) is 6.41. The molecule has 0 aliphatic heterocycles. The van der Waals surface area contributed by atoms with Crippen molar-refractivity contribution in [1.29, 1.82) is 0 Å². The third-order valence-electron chi connectivity index (χ3n) is 5.51. The number of nitrogens with zero attached hydrogens (tertiary/aromatic N) is 1. The molecule has 2 aromatic carbocycles. The smallest absolute Gasteiger partial charge is 0.413 e. The van der Waals surface area contributed by atoms with Crippen LogP contribution in [0.25, 0.3) is 11.1 Å². The summed E-state index contributed by atoms with van der Waals surface area (Å²) in [5, 5.41) is 15.8. The quantitative estimate of drug-likeness (QED) is 0.478. The Labute approximate surface area is 194 Å². The second-order valence-corrected chi connectivity index (χ2v) is 8.88. The molecule has 3 N–H and O–H groups in total. The second kappa shape index (κ2) is 9.41. The van der Waals surface area contributed by atoms with Gasteiger partial charge in [0, 0.05) is 11.3 Å². The maximum Gasteiger partial charge on any atom is 0.413 e. The number of carbonyl (C=O) groups is 3. The predicted octanol–water partition coefficient (Wildman–Crippen LogP) is 4.34. The summed E-state index contributed by atoms with van der Waals surface area (Å²) >= 11 is 1.05. The van der Waals surface area contributed by atoms with Crippen LogP contribution in [0.15, 0.2) is 53.9 Å². The highest BCUT2D eigenvalue weighted by molar-refractivity contribution is 7.14. The highest BCUT2D eigenvalue weighted by Gasteiger charge is 2.29. The molecule has 4 rings (SSSR count). The van der Waals surface area contributed by atoms with Gasteiger partial charge in [-0.1, -0.05) is 62.4 Å². The summed E-state index contributed by atoms with van der Waals surface area (Å²) in [5.41, 5.74) is 4.52. The molecule has 1 aliphatic rings. The van der Waals surface area contributed by atoms with Gasteiger partial charge in [0.05, 0.1) is 0 Å². The Morgan fingerprint density at radius 3 is 2.24 bits per heavy atom. The van der Waals surface area contributed by atoms with Gasteiger partial charge in [0.25, 0.3) is 5.91 Å². The molecule has 1 aliphatic carbocycles. The molecule has 0 bridgehead atoms. The number of thiazole rings is 1. The van der Waals surface area contributed by atoms with E-state index in [1.807, 2.05) is 36.4 Å². The molecule has 0 spiro atoms. The van der Waals surface area contributed by atoms with Crippen molar-refractivity contribution in [2.45, 2.75) is 25.8 Å². The number of hydrogen-bond acceptors (Lipinski definition) is 6. The minimum atomic E-state index is -1.12. The average molecular weight is 466 g/mol. The summed E-state index contributed by atoms with van der Waals surface area (Å²) in [6.45, 7) is 3.56. The molecule has 1 aromatic heterocycles. The normalized spacial score (nSPS) is 13.2. The van der Waals surface area contributed by atoms with E-state index in [0.29, 0.717) is 0 Å². The van der Waals surface area contributed by atoms with Gasteiger partial charge >= 0.3 is 12.1 Å². The van der Waals surface area contributed by atoms with Crippen molar-refractivity contribution < 1.29 is 24.2 Å². The molecular formula is C24H23N3O5S. The molecule has 1 unspecified atom stereocenters. The van der Waals surface area contributed by atoms with E-state index in [1.54, 1.807) is 13.8 Å². The summed E-state index contributed by atoms with van der Waals surface area (Å²) in [5.74, 6) is -2.09. The number of rotatable bonds is 7. The summed E-state index contributed by atoms with van der Waals surface area (Å²) in [6, 6.07) is 15.1. The molecule has 2 amide bonds. The maximum atomic E-state index is 12.4. The molecule has 8 nitrogen and oxygen atoms in total. The first-order valence-electron chi connectivity index (χ1n) is 10.5. The number of aliphatic carboxylic acids is 1. The van der Waals surface area contributed by atoms with Crippen LogP contribution in [-0.4, -0.2) is 40.7 Å². The van der Waals surface area contributed by atoms with Gasteiger partial charge in [-0.25, -0.2) is 14.6 Å². The first kappa shape index (κ1) is 22.5. The number of carboxylic acids is 1. The highest BCUT2D eigenvalue weighted by Crippen LogP contribution is 2.44. The number of carbonyl (C=O) groups excluding carboxylic acids is 2. The van der Waals surface area contributed by atoms with Gasteiger partial charge < -0.3 is 15.2 Å². The van der Waals surface area contributed by atoms with E-state index in [2.05, 4.69) is 27.8 Å². The molecule has 0 saturated heterocycles. The Morgan fingerprint density at radius 1 is 1.06 bits per heavy atom. The van der Waals surface area contributed by atoms with Gasteiger partial charge in [0.2, 0.25) is 0 Å². The van der Waals surface area contributed by atoms with Crippen LogP contribution in [0.2, 0.25) is 0 Å². The van der Waals surface area contributed by atoms with E-state index in [1.165, 1.54) is 5.38 Å². The van der Waals surface area contributed by atoms with Crippen LogP contribution >= 0.6 is 11.3 Å². The lowest BCUT2D eigenvalue weighted by molar-refractivity contribution is -0.140. The van der Waals surface area contributed by atoms with Crippen LogP contribution in [0, 0.1) is 5.92 Å². The molecule has 9 heteroatoms. The zero-order chi connectivity index (χ0) is 23.5. The molecule has 33 heavy (non-hydrogen) atoms. The lowest BCUT2D eigenvalue weighted by Gasteiger charge is -2.16. The lowest BCUT2D eigenvalue weighted by atomic mass is 9.98. The maximum absolute atomic E-state index is 12.4. The van der Waals surface area contributed by atoms with Crippen molar-refractivity contribution in [3.05, 3.63) is 70.7 Å². The summed E-state index contributed by atoms with van der Waals surface area (Å²) in [4.78, 5) is 40.1. The van der Waals surface area contributed by atoms with Gasteiger partial charge in [0.1, 0.15) is 18.3 Å². The van der Waals surface area contributed by atoms with Crippen molar-refractivity contribution >= 4 is 34.4 Å². The van der Waals surface area contributed by atoms with Gasteiger partial charge in [-0.2, -0.15) is 0 Å². The average Bonchev–Trinajstić information content (AvgIpc) is 3.38. The monoisotopic (exact) mass is 465 g/mol. The van der Waals surface area contributed by atoms with Crippen molar-refractivity contribution in [3.8, 4) is 11.1 Å². The molecule has 0 fully saturated rings. The molecular weight excluding hydrogens is 442 g/mol. The fourth-order valence-corrected chi connectivity index (χ4v) is 4.56. The third kappa shape index (κ3) is 4.73. The van der Waals surface area contributed by atoms with Gasteiger partial charge in [-0.3, -0.25) is 10.1 Å². The lowest BCUT2D eigenvalue weighted by Crippen LogP contribution is -2.44. The first-order chi connectivity index (χ1) is 15.8. The topological polar surface area (TPSA) is 118 Å². The van der Waals surface area contributed by atoms with Crippen LogP contribution in [-0.2, 0) is 9.53 Å². The third-order valence-corrected chi connectivity index (χ3v) is 6.27. The molecule has 170 valence electrons. The van der Waals surface area contributed by atoms with Gasteiger partial charge in [-0.15, -0.1) is 11.3 Å². The number of aromatic nitrogens is 1. The molecule has 1 atom stereocenters. The Bertz CT molecular complexity index is 1160. The summed E-state index contributed by atoms with van der Waals surface area (Å²) < 4.78 is 5.48. The van der Waals surface area contributed by atoms with Crippen molar-refractivity contribution in [2.24, 2.45) is 5.92 Å². The van der Waals surface area contributed by atoms with E-state index in [4.69, 9.17) is 4.74 Å². The summed E-state index contributed by atoms with van der Waals surface area (Å²) in [6.07, 6.45) is -0.677. The van der Waals surface area contributed by atoms with Crippen LogP contribution < -0.4 is 10.6 Å². The Morgan fingerprint density at radius 2 is 1.67 bits per heavy atom. The minimum Gasteiger partial charge on any atom is -0.480 e. The number of fused-ring (bicyclic) bond motifs is 3. The van der Waals surface area contributed by atoms with Crippen LogP contribution in [0.3, 0.4) is 0 Å². The number of amides is 2. The van der Waals surface area contributed by atoms with Crippen LogP contribution in [0.1, 0.15) is 41.4 Å². The van der Waals surface area contributed by atoms with Gasteiger partial charge in [-0.05, 0) is 28.2 Å². The fourth-order valence-electron chi connectivity index (χ4n) is 3.89. The molecule has 1 heterocycles. The number of anilines is 1. The van der Waals surface area contributed by atoms with E-state index in [0.717, 1.165) is 33.6 Å². The SMILES string of the molecule is CC(C)C(NC(=O)c1csc(NC(=O)OCC2c3ccccc3-c3ccccc32)n1)C(=O)O. The zero-order valence-corrected chi connectivity index (χ0v) is 18.9. The molecule has 3 aromatic rings. The van der Waals surface area contributed by atoms with E-state index < -0.39 is 24.0 Å².